The maximum Gasteiger partial charge on any atom is 0.288 e. The molecule has 0 fully saturated rings. The Bertz CT molecular complexity index is 437. The second kappa shape index (κ2) is 3.65. The fraction of sp³-hybridized carbons (Fsp3) is 0. The van der Waals surface area contributed by atoms with Gasteiger partial charge in [0.1, 0.15) is 5.75 Å². The molecular formula is C8H7N5O. The van der Waals surface area contributed by atoms with Crippen molar-refractivity contribution in [2.45, 2.75) is 0 Å². The number of aromatic amines is 1. The largest absolute Gasteiger partial charge is 0.507 e. The molecule has 0 aliphatic heterocycles. The summed E-state index contributed by atoms with van der Waals surface area (Å²) in [5.41, 5.74) is 0.609. The molecule has 0 atom stereocenters. The number of rotatable bonds is 2. The van der Waals surface area contributed by atoms with E-state index in [1.165, 1.54) is 6.21 Å². The van der Waals surface area contributed by atoms with Gasteiger partial charge in [0.25, 0.3) is 5.95 Å². The number of aromatic nitrogens is 4. The molecular weight excluding hydrogens is 182 g/mol. The van der Waals surface area contributed by atoms with Gasteiger partial charge in [0.05, 0.1) is 0 Å². The normalized spacial score (nSPS) is 10.9. The van der Waals surface area contributed by atoms with E-state index < -0.39 is 0 Å². The molecule has 0 aliphatic rings. The van der Waals surface area contributed by atoms with Gasteiger partial charge in [0, 0.05) is 11.8 Å². The van der Waals surface area contributed by atoms with Gasteiger partial charge in [-0.2, -0.15) is 5.21 Å². The smallest absolute Gasteiger partial charge is 0.288 e. The van der Waals surface area contributed by atoms with Gasteiger partial charge in [0.2, 0.25) is 0 Å². The number of benzene rings is 1. The van der Waals surface area contributed by atoms with Crippen LogP contribution in [0.2, 0.25) is 0 Å². The number of aliphatic imine (C=N–C) groups is 1. The molecule has 0 radical (unpaired) electrons. The number of tetrazole rings is 1. The van der Waals surface area contributed by atoms with Crippen molar-refractivity contribution in [3.05, 3.63) is 29.8 Å². The number of hydrogen-bond acceptors (Lipinski definition) is 5. The lowest BCUT2D eigenvalue weighted by atomic mass is 10.2. The Balaban J connectivity index is 2.23. The van der Waals surface area contributed by atoms with Crippen LogP contribution in [0, 0.1) is 0 Å². The molecule has 2 aromatic rings. The standard InChI is InChI=1S/C8H7N5O/c14-7-4-2-1-3-6(7)5-9-8-10-12-13-11-8/h1-5,14H,(H,10,11,12,13). The van der Waals surface area contributed by atoms with E-state index in [1.54, 1.807) is 24.3 Å². The molecule has 1 aromatic carbocycles. The first-order chi connectivity index (χ1) is 6.86. The van der Waals surface area contributed by atoms with Crippen LogP contribution in [0.1, 0.15) is 5.56 Å². The Morgan fingerprint density at radius 3 is 2.93 bits per heavy atom. The zero-order chi connectivity index (χ0) is 9.80. The fourth-order valence-corrected chi connectivity index (χ4v) is 0.935. The fourth-order valence-electron chi connectivity index (χ4n) is 0.935. The SMILES string of the molecule is Oc1ccccc1C=Nc1nn[nH]n1. The van der Waals surface area contributed by atoms with Crippen molar-refractivity contribution < 1.29 is 5.11 Å². The van der Waals surface area contributed by atoms with Gasteiger partial charge in [-0.3, -0.25) is 0 Å². The van der Waals surface area contributed by atoms with E-state index in [2.05, 4.69) is 25.6 Å². The highest BCUT2D eigenvalue weighted by Gasteiger charge is 1.96. The zero-order valence-corrected chi connectivity index (χ0v) is 7.12. The summed E-state index contributed by atoms with van der Waals surface area (Å²) in [4.78, 5) is 3.90. The van der Waals surface area contributed by atoms with Crippen molar-refractivity contribution in [2.75, 3.05) is 0 Å². The third-order valence-electron chi connectivity index (χ3n) is 1.59. The predicted molar refractivity (Wildman–Crippen MR) is 49.5 cm³/mol. The van der Waals surface area contributed by atoms with Crippen LogP contribution in [0.25, 0.3) is 0 Å². The molecule has 0 bridgehead atoms. The van der Waals surface area contributed by atoms with Crippen LogP contribution in [0.5, 0.6) is 5.75 Å². The molecule has 0 aliphatic carbocycles. The topological polar surface area (TPSA) is 87.0 Å². The first kappa shape index (κ1) is 8.36. The summed E-state index contributed by atoms with van der Waals surface area (Å²) in [5.74, 6) is 0.396. The molecule has 0 saturated carbocycles. The van der Waals surface area contributed by atoms with E-state index in [9.17, 15) is 5.11 Å². The molecule has 0 saturated heterocycles. The van der Waals surface area contributed by atoms with Crippen molar-refractivity contribution in [3.63, 3.8) is 0 Å². The zero-order valence-electron chi connectivity index (χ0n) is 7.12. The first-order valence-corrected chi connectivity index (χ1v) is 3.92. The number of H-pyrrole nitrogens is 1. The number of phenolic OH excluding ortho intramolecular Hbond substituents is 1. The van der Waals surface area contributed by atoms with Gasteiger partial charge in [-0.15, -0.1) is 5.10 Å². The number of hydrogen-bond donors (Lipinski definition) is 2. The summed E-state index contributed by atoms with van der Waals surface area (Å²) in [6.07, 6.45) is 1.47. The Morgan fingerprint density at radius 1 is 1.36 bits per heavy atom. The Hall–Kier alpha value is -2.24. The van der Waals surface area contributed by atoms with Crippen LogP contribution in [-0.2, 0) is 0 Å². The summed E-state index contributed by atoms with van der Waals surface area (Å²) >= 11 is 0. The number of aromatic hydroxyl groups is 1. The lowest BCUT2D eigenvalue weighted by molar-refractivity contribution is 0.474. The van der Waals surface area contributed by atoms with E-state index in [0.29, 0.717) is 5.56 Å². The maximum absolute atomic E-state index is 9.38. The van der Waals surface area contributed by atoms with Crippen molar-refractivity contribution in [1.82, 2.24) is 20.6 Å². The summed E-state index contributed by atoms with van der Waals surface area (Å²) in [5, 5.41) is 22.3. The third-order valence-corrected chi connectivity index (χ3v) is 1.59. The molecule has 1 heterocycles. The van der Waals surface area contributed by atoms with Crippen molar-refractivity contribution in [2.24, 2.45) is 4.99 Å². The van der Waals surface area contributed by atoms with Crippen molar-refractivity contribution >= 4 is 12.2 Å². The highest BCUT2D eigenvalue weighted by Crippen LogP contribution is 2.13. The minimum atomic E-state index is 0.166. The number of phenols is 1. The predicted octanol–water partition coefficient (Wildman–Crippen LogP) is 0.656. The van der Waals surface area contributed by atoms with Crippen LogP contribution >= 0.6 is 0 Å². The lowest BCUT2D eigenvalue weighted by Crippen LogP contribution is -1.81. The molecule has 14 heavy (non-hydrogen) atoms. The second-order valence-electron chi connectivity index (χ2n) is 2.53. The number of para-hydroxylation sites is 1. The first-order valence-electron chi connectivity index (χ1n) is 3.92. The van der Waals surface area contributed by atoms with Gasteiger partial charge in [-0.25, -0.2) is 4.99 Å². The van der Waals surface area contributed by atoms with E-state index in [1.807, 2.05) is 0 Å². The molecule has 6 heteroatoms. The van der Waals surface area contributed by atoms with Gasteiger partial charge in [0.15, 0.2) is 0 Å². The van der Waals surface area contributed by atoms with E-state index in [0.717, 1.165) is 0 Å². The van der Waals surface area contributed by atoms with Gasteiger partial charge >= 0.3 is 0 Å². The molecule has 2 rings (SSSR count). The minimum absolute atomic E-state index is 0.166. The number of nitrogens with one attached hydrogen (secondary N) is 1. The summed E-state index contributed by atoms with van der Waals surface area (Å²) in [6, 6.07) is 6.86. The molecule has 0 amide bonds. The summed E-state index contributed by atoms with van der Waals surface area (Å²) in [6.45, 7) is 0. The minimum Gasteiger partial charge on any atom is -0.507 e. The molecule has 70 valence electrons. The Kier molecular flexibility index (Phi) is 2.18. The maximum atomic E-state index is 9.38. The van der Waals surface area contributed by atoms with Crippen molar-refractivity contribution in [3.8, 4) is 5.75 Å². The number of nitrogens with zero attached hydrogens (tertiary/aromatic N) is 4. The van der Waals surface area contributed by atoms with Crippen molar-refractivity contribution in [1.29, 1.82) is 0 Å². The molecule has 6 nitrogen and oxygen atoms in total. The van der Waals surface area contributed by atoms with Crippen LogP contribution in [0.4, 0.5) is 5.95 Å². The van der Waals surface area contributed by atoms with Gasteiger partial charge in [-0.05, 0) is 17.3 Å². The molecule has 1 aromatic heterocycles. The second-order valence-corrected chi connectivity index (χ2v) is 2.53. The lowest BCUT2D eigenvalue weighted by Gasteiger charge is -1.94. The van der Waals surface area contributed by atoms with Crippen LogP contribution in [-0.4, -0.2) is 31.9 Å². The van der Waals surface area contributed by atoms with E-state index in [4.69, 9.17) is 0 Å². The average Bonchev–Trinajstić information content (AvgIpc) is 2.69. The van der Waals surface area contributed by atoms with Crippen LogP contribution < -0.4 is 0 Å². The summed E-state index contributed by atoms with van der Waals surface area (Å²) < 4.78 is 0. The van der Waals surface area contributed by atoms with E-state index in [-0.39, 0.29) is 11.7 Å². The highest BCUT2D eigenvalue weighted by molar-refractivity contribution is 5.84. The highest BCUT2D eigenvalue weighted by atomic mass is 16.3. The van der Waals surface area contributed by atoms with Gasteiger partial charge in [-0.1, -0.05) is 17.2 Å². The summed E-state index contributed by atoms with van der Waals surface area (Å²) in [7, 11) is 0. The van der Waals surface area contributed by atoms with E-state index >= 15 is 0 Å². The Morgan fingerprint density at radius 2 is 2.21 bits per heavy atom. The molecule has 2 N–H and O–H groups in total. The quantitative estimate of drug-likeness (QED) is 0.679. The average molecular weight is 189 g/mol. The van der Waals surface area contributed by atoms with Gasteiger partial charge < -0.3 is 5.11 Å². The van der Waals surface area contributed by atoms with Crippen LogP contribution in [0.3, 0.4) is 0 Å². The molecule has 0 unspecified atom stereocenters. The third kappa shape index (κ3) is 1.74. The Labute approximate surface area is 79.3 Å². The van der Waals surface area contributed by atoms with Crippen LogP contribution in [0.15, 0.2) is 29.3 Å². The molecule has 0 spiro atoms. The monoisotopic (exact) mass is 189 g/mol.